The highest BCUT2D eigenvalue weighted by Crippen LogP contribution is 2.13. The fourth-order valence-electron chi connectivity index (χ4n) is 2.32. The molecule has 1 aromatic carbocycles. The number of anilines is 1. The zero-order chi connectivity index (χ0) is 17.3. The van der Waals surface area contributed by atoms with Gasteiger partial charge in [-0.25, -0.2) is 14.6 Å². The van der Waals surface area contributed by atoms with Crippen molar-refractivity contribution in [2.45, 2.75) is 12.5 Å². The second-order valence-electron chi connectivity index (χ2n) is 5.29. The standard InChI is InChI=1S/C16H18N8O/c25-15(17-9-10-20-16-18-7-4-8-19-16)14(24-12-21-22-23-24)11-13-5-2-1-3-6-13/h1-8,12,14H,9-11H2,(H,17,25)(H,18,19,20). The molecule has 0 radical (unpaired) electrons. The number of amides is 1. The molecule has 128 valence electrons. The molecule has 0 aliphatic heterocycles. The topological polar surface area (TPSA) is 111 Å². The van der Waals surface area contributed by atoms with Crippen LogP contribution in [0.2, 0.25) is 0 Å². The van der Waals surface area contributed by atoms with Crippen LogP contribution in [0.25, 0.3) is 0 Å². The summed E-state index contributed by atoms with van der Waals surface area (Å²) in [7, 11) is 0. The van der Waals surface area contributed by atoms with Crippen LogP contribution in [0, 0.1) is 0 Å². The minimum Gasteiger partial charge on any atom is -0.352 e. The van der Waals surface area contributed by atoms with Crippen molar-refractivity contribution in [1.82, 2.24) is 35.5 Å². The van der Waals surface area contributed by atoms with Crippen molar-refractivity contribution in [3.63, 3.8) is 0 Å². The lowest BCUT2D eigenvalue weighted by atomic mass is 10.1. The Morgan fingerprint density at radius 3 is 2.60 bits per heavy atom. The minimum absolute atomic E-state index is 0.146. The van der Waals surface area contributed by atoms with Crippen molar-refractivity contribution in [3.05, 3.63) is 60.7 Å². The molecule has 0 bridgehead atoms. The van der Waals surface area contributed by atoms with Gasteiger partial charge in [0.25, 0.3) is 0 Å². The monoisotopic (exact) mass is 338 g/mol. The molecule has 25 heavy (non-hydrogen) atoms. The number of nitrogens with zero attached hydrogens (tertiary/aromatic N) is 6. The predicted octanol–water partition coefficient (Wildman–Crippen LogP) is 0.475. The summed E-state index contributed by atoms with van der Waals surface area (Å²) in [4.78, 5) is 20.7. The first-order valence-corrected chi connectivity index (χ1v) is 7.88. The first-order valence-electron chi connectivity index (χ1n) is 7.88. The van der Waals surface area contributed by atoms with Crippen molar-refractivity contribution in [2.75, 3.05) is 18.4 Å². The van der Waals surface area contributed by atoms with E-state index in [1.54, 1.807) is 18.5 Å². The Bertz CT molecular complexity index is 763. The number of hydrogen-bond donors (Lipinski definition) is 2. The summed E-state index contributed by atoms with van der Waals surface area (Å²) < 4.78 is 1.47. The highest BCUT2D eigenvalue weighted by atomic mass is 16.2. The van der Waals surface area contributed by atoms with Gasteiger partial charge >= 0.3 is 0 Å². The fourth-order valence-corrected chi connectivity index (χ4v) is 2.32. The molecule has 2 N–H and O–H groups in total. The molecule has 9 heteroatoms. The van der Waals surface area contributed by atoms with E-state index in [0.717, 1.165) is 5.56 Å². The zero-order valence-corrected chi connectivity index (χ0v) is 13.5. The van der Waals surface area contributed by atoms with Gasteiger partial charge in [0.2, 0.25) is 11.9 Å². The molecule has 1 amide bonds. The molecular weight excluding hydrogens is 320 g/mol. The summed E-state index contributed by atoms with van der Waals surface area (Å²) in [6.45, 7) is 0.952. The number of tetrazole rings is 1. The van der Waals surface area contributed by atoms with Crippen LogP contribution in [0.3, 0.4) is 0 Å². The molecule has 0 saturated carbocycles. The minimum atomic E-state index is -0.509. The van der Waals surface area contributed by atoms with Gasteiger partial charge in [0.05, 0.1) is 0 Å². The van der Waals surface area contributed by atoms with Crippen molar-refractivity contribution in [3.8, 4) is 0 Å². The lowest BCUT2D eigenvalue weighted by Gasteiger charge is -2.16. The van der Waals surface area contributed by atoms with Crippen LogP contribution in [0.15, 0.2) is 55.1 Å². The van der Waals surface area contributed by atoms with Crippen molar-refractivity contribution < 1.29 is 4.79 Å². The van der Waals surface area contributed by atoms with Crippen molar-refractivity contribution in [2.24, 2.45) is 0 Å². The number of carbonyl (C=O) groups is 1. The molecule has 0 aliphatic carbocycles. The van der Waals surface area contributed by atoms with Gasteiger partial charge in [-0.05, 0) is 22.1 Å². The lowest BCUT2D eigenvalue weighted by Crippen LogP contribution is -2.36. The molecular formula is C16H18N8O. The maximum Gasteiger partial charge on any atom is 0.245 e. The van der Waals surface area contributed by atoms with E-state index in [4.69, 9.17) is 0 Å². The summed E-state index contributed by atoms with van der Waals surface area (Å²) in [6.07, 6.45) is 5.26. The average molecular weight is 338 g/mol. The smallest absolute Gasteiger partial charge is 0.245 e. The molecule has 0 fully saturated rings. The van der Waals surface area contributed by atoms with Gasteiger partial charge in [-0.1, -0.05) is 30.3 Å². The van der Waals surface area contributed by atoms with Crippen LogP contribution in [0.5, 0.6) is 0 Å². The number of carbonyl (C=O) groups excluding carboxylic acids is 1. The van der Waals surface area contributed by atoms with E-state index in [-0.39, 0.29) is 5.91 Å². The molecule has 0 aliphatic rings. The highest BCUT2D eigenvalue weighted by molar-refractivity contribution is 5.80. The van der Waals surface area contributed by atoms with Gasteiger partial charge in [0.15, 0.2) is 0 Å². The Kier molecular flexibility index (Phi) is 5.60. The summed E-state index contributed by atoms with van der Waals surface area (Å²) in [5.41, 5.74) is 1.04. The maximum absolute atomic E-state index is 12.6. The third kappa shape index (κ3) is 4.80. The Balaban J connectivity index is 1.56. The summed E-state index contributed by atoms with van der Waals surface area (Å²) in [6, 6.07) is 11.0. The third-order valence-corrected chi connectivity index (χ3v) is 3.53. The second-order valence-corrected chi connectivity index (χ2v) is 5.29. The molecule has 3 rings (SSSR count). The lowest BCUT2D eigenvalue weighted by molar-refractivity contribution is -0.124. The van der Waals surface area contributed by atoms with Gasteiger partial charge in [-0.3, -0.25) is 4.79 Å². The molecule has 2 heterocycles. The first-order chi connectivity index (χ1) is 12.3. The third-order valence-electron chi connectivity index (χ3n) is 3.53. The van der Waals surface area contributed by atoms with E-state index in [2.05, 4.69) is 36.1 Å². The van der Waals surface area contributed by atoms with Crippen molar-refractivity contribution in [1.29, 1.82) is 0 Å². The zero-order valence-electron chi connectivity index (χ0n) is 13.5. The SMILES string of the molecule is O=C(NCCNc1ncccn1)C(Cc1ccccc1)n1cnnn1. The molecule has 2 aromatic heterocycles. The molecule has 0 spiro atoms. The summed E-state index contributed by atoms with van der Waals surface area (Å²) in [5, 5.41) is 17.0. The van der Waals surface area contributed by atoms with Gasteiger partial charge in [0.1, 0.15) is 12.4 Å². The van der Waals surface area contributed by atoms with Gasteiger partial charge in [-0.15, -0.1) is 5.10 Å². The summed E-state index contributed by atoms with van der Waals surface area (Å²) in [5.74, 6) is 0.380. The van der Waals surface area contributed by atoms with Crippen LogP contribution in [-0.4, -0.2) is 49.2 Å². The molecule has 9 nitrogen and oxygen atoms in total. The Morgan fingerprint density at radius 1 is 1.08 bits per heavy atom. The van der Waals surface area contributed by atoms with Gasteiger partial charge in [0, 0.05) is 31.9 Å². The predicted molar refractivity (Wildman–Crippen MR) is 90.5 cm³/mol. The summed E-state index contributed by atoms with van der Waals surface area (Å²) >= 11 is 0. The van der Waals surface area contributed by atoms with Crippen LogP contribution in [0.4, 0.5) is 5.95 Å². The Hall–Kier alpha value is -3.36. The fraction of sp³-hybridized carbons (Fsp3) is 0.250. The number of hydrogen-bond acceptors (Lipinski definition) is 7. The average Bonchev–Trinajstić information content (AvgIpc) is 3.19. The molecule has 1 unspecified atom stereocenters. The van der Waals surface area contributed by atoms with E-state index in [1.165, 1.54) is 11.0 Å². The number of nitrogens with one attached hydrogen (secondary N) is 2. The van der Waals surface area contributed by atoms with Crippen LogP contribution in [-0.2, 0) is 11.2 Å². The van der Waals surface area contributed by atoms with E-state index in [0.29, 0.717) is 25.5 Å². The van der Waals surface area contributed by atoms with Crippen LogP contribution in [0.1, 0.15) is 11.6 Å². The van der Waals surface area contributed by atoms with E-state index in [1.807, 2.05) is 30.3 Å². The Morgan fingerprint density at radius 2 is 1.88 bits per heavy atom. The number of aromatic nitrogens is 6. The number of rotatable bonds is 8. The van der Waals surface area contributed by atoms with Crippen molar-refractivity contribution >= 4 is 11.9 Å². The second kappa shape index (κ2) is 8.48. The first kappa shape index (κ1) is 16.5. The molecule has 0 saturated heterocycles. The van der Waals surface area contributed by atoms with E-state index < -0.39 is 6.04 Å². The van der Waals surface area contributed by atoms with E-state index >= 15 is 0 Å². The Labute approximate surface area is 144 Å². The number of benzene rings is 1. The maximum atomic E-state index is 12.6. The van der Waals surface area contributed by atoms with Gasteiger partial charge < -0.3 is 10.6 Å². The van der Waals surface area contributed by atoms with E-state index in [9.17, 15) is 4.79 Å². The van der Waals surface area contributed by atoms with Crippen LogP contribution < -0.4 is 10.6 Å². The quantitative estimate of drug-likeness (QED) is 0.575. The largest absolute Gasteiger partial charge is 0.352 e. The van der Waals surface area contributed by atoms with Gasteiger partial charge in [-0.2, -0.15) is 0 Å². The normalized spacial score (nSPS) is 11.7. The molecule has 1 atom stereocenters. The molecule has 3 aromatic rings. The highest BCUT2D eigenvalue weighted by Gasteiger charge is 2.21. The van der Waals surface area contributed by atoms with Crippen LogP contribution >= 0.6 is 0 Å².